The standard InChI is InChI=1S/C15H28N4/c1-13(2)9-15-11-19(14(3)10-17-15)7-4-6-18-8-5-16-12-18/h5,8,12-15,17H,4,6-7,9-11H2,1-3H3. The van der Waals surface area contributed by atoms with Crippen molar-refractivity contribution in [2.75, 3.05) is 19.6 Å². The number of hydrogen-bond acceptors (Lipinski definition) is 3. The SMILES string of the molecule is CC(C)CC1CN(CCCn2ccnc2)C(C)CN1. The Balaban J connectivity index is 1.74. The Morgan fingerprint density at radius 2 is 2.21 bits per heavy atom. The molecule has 1 saturated heterocycles. The molecular formula is C15H28N4. The Labute approximate surface area is 117 Å². The summed E-state index contributed by atoms with van der Waals surface area (Å²) in [6, 6.07) is 1.33. The lowest BCUT2D eigenvalue weighted by Gasteiger charge is -2.39. The van der Waals surface area contributed by atoms with Crippen LogP contribution in [-0.4, -0.2) is 46.2 Å². The lowest BCUT2D eigenvalue weighted by atomic mass is 10.00. The molecule has 4 nitrogen and oxygen atoms in total. The van der Waals surface area contributed by atoms with Crippen molar-refractivity contribution < 1.29 is 0 Å². The van der Waals surface area contributed by atoms with Gasteiger partial charge in [0, 0.05) is 50.7 Å². The zero-order valence-corrected chi connectivity index (χ0v) is 12.5. The summed E-state index contributed by atoms with van der Waals surface area (Å²) in [7, 11) is 0. The second-order valence-electron chi connectivity index (χ2n) is 6.23. The third-order valence-corrected chi connectivity index (χ3v) is 3.96. The van der Waals surface area contributed by atoms with Crippen LogP contribution in [0.2, 0.25) is 0 Å². The number of nitrogens with zero attached hydrogens (tertiary/aromatic N) is 3. The van der Waals surface area contributed by atoms with Crippen LogP contribution < -0.4 is 5.32 Å². The van der Waals surface area contributed by atoms with Gasteiger partial charge < -0.3 is 9.88 Å². The van der Waals surface area contributed by atoms with E-state index in [9.17, 15) is 0 Å². The zero-order chi connectivity index (χ0) is 13.7. The quantitative estimate of drug-likeness (QED) is 0.853. The molecule has 0 bridgehead atoms. The lowest BCUT2D eigenvalue weighted by molar-refractivity contribution is 0.129. The van der Waals surface area contributed by atoms with E-state index in [-0.39, 0.29) is 0 Å². The van der Waals surface area contributed by atoms with Crippen LogP contribution in [0.3, 0.4) is 0 Å². The van der Waals surface area contributed by atoms with Gasteiger partial charge in [0.1, 0.15) is 0 Å². The molecule has 0 radical (unpaired) electrons. The molecule has 2 heterocycles. The van der Waals surface area contributed by atoms with Crippen LogP contribution in [0.1, 0.15) is 33.6 Å². The van der Waals surface area contributed by atoms with Crippen LogP contribution in [0, 0.1) is 5.92 Å². The van der Waals surface area contributed by atoms with Crippen molar-refractivity contribution in [2.24, 2.45) is 5.92 Å². The Morgan fingerprint density at radius 3 is 2.89 bits per heavy atom. The first-order valence-electron chi connectivity index (χ1n) is 7.58. The van der Waals surface area contributed by atoms with E-state index in [1.807, 2.05) is 18.7 Å². The Bertz CT molecular complexity index is 347. The number of nitrogens with one attached hydrogen (secondary N) is 1. The smallest absolute Gasteiger partial charge is 0.0945 e. The molecule has 1 aliphatic heterocycles. The van der Waals surface area contributed by atoms with Crippen molar-refractivity contribution in [3.05, 3.63) is 18.7 Å². The van der Waals surface area contributed by atoms with E-state index in [1.54, 1.807) is 0 Å². The van der Waals surface area contributed by atoms with Gasteiger partial charge in [-0.3, -0.25) is 4.90 Å². The molecule has 0 amide bonds. The van der Waals surface area contributed by atoms with Crippen LogP contribution in [0.25, 0.3) is 0 Å². The molecular weight excluding hydrogens is 236 g/mol. The van der Waals surface area contributed by atoms with Gasteiger partial charge in [0.15, 0.2) is 0 Å². The Hall–Kier alpha value is -0.870. The van der Waals surface area contributed by atoms with Crippen LogP contribution in [0.5, 0.6) is 0 Å². The van der Waals surface area contributed by atoms with Gasteiger partial charge in [0.2, 0.25) is 0 Å². The molecule has 1 aromatic rings. The van der Waals surface area contributed by atoms with Crippen LogP contribution in [0.15, 0.2) is 18.7 Å². The predicted octanol–water partition coefficient (Wildman–Crippen LogP) is 1.98. The second-order valence-corrected chi connectivity index (χ2v) is 6.23. The van der Waals surface area contributed by atoms with Gasteiger partial charge >= 0.3 is 0 Å². The number of piperazine rings is 1. The van der Waals surface area contributed by atoms with E-state index in [0.29, 0.717) is 12.1 Å². The Kier molecular flexibility index (Phi) is 5.40. The number of hydrogen-bond donors (Lipinski definition) is 1. The molecule has 108 valence electrons. The third-order valence-electron chi connectivity index (χ3n) is 3.96. The Morgan fingerprint density at radius 1 is 1.37 bits per heavy atom. The van der Waals surface area contributed by atoms with E-state index < -0.39 is 0 Å². The van der Waals surface area contributed by atoms with Gasteiger partial charge in [0.25, 0.3) is 0 Å². The molecule has 2 atom stereocenters. The highest BCUT2D eigenvalue weighted by atomic mass is 15.2. The minimum absolute atomic E-state index is 0.659. The number of aryl methyl sites for hydroxylation is 1. The summed E-state index contributed by atoms with van der Waals surface area (Å²) in [6.45, 7) is 11.5. The van der Waals surface area contributed by atoms with Gasteiger partial charge in [-0.2, -0.15) is 0 Å². The van der Waals surface area contributed by atoms with E-state index in [1.165, 1.54) is 25.9 Å². The van der Waals surface area contributed by atoms with Crippen LogP contribution >= 0.6 is 0 Å². The first kappa shape index (κ1) is 14.5. The summed E-state index contributed by atoms with van der Waals surface area (Å²) < 4.78 is 2.17. The summed E-state index contributed by atoms with van der Waals surface area (Å²) in [5.41, 5.74) is 0. The molecule has 1 aromatic heterocycles. The maximum Gasteiger partial charge on any atom is 0.0945 e. The highest BCUT2D eigenvalue weighted by molar-refractivity contribution is 4.84. The van der Waals surface area contributed by atoms with Gasteiger partial charge in [-0.05, 0) is 25.7 Å². The molecule has 4 heteroatoms. The number of imidazole rings is 1. The fraction of sp³-hybridized carbons (Fsp3) is 0.800. The van der Waals surface area contributed by atoms with E-state index in [2.05, 4.69) is 40.5 Å². The summed E-state index contributed by atoms with van der Waals surface area (Å²) in [5, 5.41) is 3.68. The average Bonchev–Trinajstić information content (AvgIpc) is 2.85. The van der Waals surface area contributed by atoms with Crippen molar-refractivity contribution in [3.63, 3.8) is 0 Å². The van der Waals surface area contributed by atoms with E-state index in [0.717, 1.165) is 19.0 Å². The zero-order valence-electron chi connectivity index (χ0n) is 12.5. The molecule has 1 fully saturated rings. The fourth-order valence-corrected chi connectivity index (χ4v) is 2.91. The van der Waals surface area contributed by atoms with E-state index >= 15 is 0 Å². The molecule has 0 aliphatic carbocycles. The first-order chi connectivity index (χ1) is 9.15. The van der Waals surface area contributed by atoms with Gasteiger partial charge in [0.05, 0.1) is 6.33 Å². The molecule has 19 heavy (non-hydrogen) atoms. The maximum atomic E-state index is 4.09. The number of rotatable bonds is 6. The van der Waals surface area contributed by atoms with Crippen molar-refractivity contribution in [2.45, 2.75) is 52.2 Å². The predicted molar refractivity (Wildman–Crippen MR) is 79.1 cm³/mol. The maximum absolute atomic E-state index is 4.09. The highest BCUT2D eigenvalue weighted by Crippen LogP contribution is 2.13. The lowest BCUT2D eigenvalue weighted by Crippen LogP contribution is -2.55. The molecule has 0 saturated carbocycles. The minimum Gasteiger partial charge on any atom is -0.337 e. The third kappa shape index (κ3) is 4.62. The van der Waals surface area contributed by atoms with Gasteiger partial charge in [-0.1, -0.05) is 13.8 Å². The van der Waals surface area contributed by atoms with Crippen LogP contribution in [-0.2, 0) is 6.54 Å². The molecule has 1 N–H and O–H groups in total. The van der Waals surface area contributed by atoms with Gasteiger partial charge in [-0.25, -0.2) is 4.98 Å². The van der Waals surface area contributed by atoms with Crippen molar-refractivity contribution in [3.8, 4) is 0 Å². The molecule has 1 aliphatic rings. The monoisotopic (exact) mass is 264 g/mol. The molecule has 0 spiro atoms. The summed E-state index contributed by atoms with van der Waals surface area (Å²) in [6.07, 6.45) is 8.29. The highest BCUT2D eigenvalue weighted by Gasteiger charge is 2.24. The molecule has 2 unspecified atom stereocenters. The summed E-state index contributed by atoms with van der Waals surface area (Å²) in [4.78, 5) is 6.73. The largest absolute Gasteiger partial charge is 0.337 e. The minimum atomic E-state index is 0.659. The number of aromatic nitrogens is 2. The normalized spacial score (nSPS) is 25.1. The summed E-state index contributed by atoms with van der Waals surface area (Å²) >= 11 is 0. The van der Waals surface area contributed by atoms with Crippen molar-refractivity contribution in [1.29, 1.82) is 0 Å². The second kappa shape index (κ2) is 7.06. The molecule has 2 rings (SSSR count). The average molecular weight is 264 g/mol. The van der Waals surface area contributed by atoms with Crippen molar-refractivity contribution >= 4 is 0 Å². The summed E-state index contributed by atoms with van der Waals surface area (Å²) in [5.74, 6) is 0.777. The van der Waals surface area contributed by atoms with Crippen LogP contribution in [0.4, 0.5) is 0 Å². The fourth-order valence-electron chi connectivity index (χ4n) is 2.91. The molecule has 0 aromatic carbocycles. The van der Waals surface area contributed by atoms with Crippen molar-refractivity contribution in [1.82, 2.24) is 19.8 Å². The topological polar surface area (TPSA) is 33.1 Å². The first-order valence-corrected chi connectivity index (χ1v) is 7.58. The van der Waals surface area contributed by atoms with Gasteiger partial charge in [-0.15, -0.1) is 0 Å². The van der Waals surface area contributed by atoms with E-state index in [4.69, 9.17) is 0 Å².